The van der Waals surface area contributed by atoms with Gasteiger partial charge in [-0.3, -0.25) is 4.79 Å². The van der Waals surface area contributed by atoms with Crippen LogP contribution in [0.1, 0.15) is 37.3 Å². The van der Waals surface area contributed by atoms with Crippen LogP contribution in [-0.2, 0) is 4.79 Å². The van der Waals surface area contributed by atoms with Crippen molar-refractivity contribution >= 4 is 17.7 Å². The van der Waals surface area contributed by atoms with Gasteiger partial charge >= 0.3 is 0 Å². The molecule has 0 spiro atoms. The van der Waals surface area contributed by atoms with Gasteiger partial charge in [0.25, 0.3) is 0 Å². The summed E-state index contributed by atoms with van der Waals surface area (Å²) in [6, 6.07) is 8.97. The molecule has 2 unspecified atom stereocenters. The Morgan fingerprint density at radius 1 is 1.30 bits per heavy atom. The number of rotatable bonds is 5. The second kappa shape index (κ2) is 6.64. The van der Waals surface area contributed by atoms with Crippen LogP contribution >= 0.6 is 11.8 Å². The first kappa shape index (κ1) is 15.4. The zero-order chi connectivity index (χ0) is 14.7. The highest BCUT2D eigenvalue weighted by Crippen LogP contribution is 2.42. The molecule has 0 saturated carbocycles. The van der Waals surface area contributed by atoms with Crippen molar-refractivity contribution in [2.24, 2.45) is 0 Å². The predicted molar refractivity (Wildman–Crippen MR) is 85.8 cm³/mol. The molecule has 1 aliphatic heterocycles. The topological polar surface area (TPSA) is 32.3 Å². The van der Waals surface area contributed by atoms with E-state index >= 15 is 0 Å². The number of thioether (sulfide) groups is 1. The highest BCUT2D eigenvalue weighted by atomic mass is 32.2. The summed E-state index contributed by atoms with van der Waals surface area (Å²) in [5, 5.41) is 3.60. The van der Waals surface area contributed by atoms with E-state index in [1.807, 2.05) is 11.8 Å². The van der Waals surface area contributed by atoms with Crippen LogP contribution in [0.15, 0.2) is 24.3 Å². The normalized spacial score (nSPS) is 22.9. The van der Waals surface area contributed by atoms with Gasteiger partial charge in [-0.15, -0.1) is 11.8 Å². The maximum Gasteiger partial charge on any atom is 0.236 e. The first-order chi connectivity index (χ1) is 9.49. The number of amides is 1. The highest BCUT2D eigenvalue weighted by Gasteiger charge is 2.37. The molecule has 0 aromatic heterocycles. The van der Waals surface area contributed by atoms with E-state index in [0.717, 1.165) is 13.1 Å². The van der Waals surface area contributed by atoms with Crippen LogP contribution in [-0.4, -0.2) is 35.2 Å². The van der Waals surface area contributed by atoms with E-state index in [-0.39, 0.29) is 16.5 Å². The van der Waals surface area contributed by atoms with Crippen molar-refractivity contribution in [1.29, 1.82) is 0 Å². The highest BCUT2D eigenvalue weighted by molar-refractivity contribution is 8.01. The lowest BCUT2D eigenvalue weighted by molar-refractivity contribution is -0.129. The lowest BCUT2D eigenvalue weighted by Crippen LogP contribution is -2.38. The Balaban J connectivity index is 2.09. The van der Waals surface area contributed by atoms with Crippen LogP contribution < -0.4 is 5.32 Å². The van der Waals surface area contributed by atoms with Crippen LogP contribution in [0, 0.1) is 6.92 Å². The van der Waals surface area contributed by atoms with E-state index in [1.54, 1.807) is 11.8 Å². The molecule has 1 saturated heterocycles. The summed E-state index contributed by atoms with van der Waals surface area (Å²) in [5.41, 5.74) is 2.48. The summed E-state index contributed by atoms with van der Waals surface area (Å²) >= 11 is 1.75. The van der Waals surface area contributed by atoms with Crippen LogP contribution in [0.4, 0.5) is 0 Å². The molecule has 1 aromatic carbocycles. The van der Waals surface area contributed by atoms with Crippen molar-refractivity contribution in [1.82, 2.24) is 10.2 Å². The molecule has 1 aliphatic rings. The van der Waals surface area contributed by atoms with E-state index in [1.165, 1.54) is 11.1 Å². The first-order valence-electron chi connectivity index (χ1n) is 7.25. The van der Waals surface area contributed by atoms with E-state index in [0.29, 0.717) is 6.04 Å². The summed E-state index contributed by atoms with van der Waals surface area (Å²) in [6.45, 7) is 9.96. The van der Waals surface area contributed by atoms with Crippen LogP contribution in [0.25, 0.3) is 0 Å². The monoisotopic (exact) mass is 292 g/mol. The van der Waals surface area contributed by atoms with Crippen molar-refractivity contribution in [3.63, 3.8) is 0 Å². The molecule has 20 heavy (non-hydrogen) atoms. The fourth-order valence-corrected chi connectivity index (χ4v) is 3.67. The number of nitrogens with one attached hydrogen (secondary N) is 1. The van der Waals surface area contributed by atoms with Gasteiger partial charge in [0.05, 0.1) is 5.25 Å². The minimum absolute atomic E-state index is 0.0559. The maximum atomic E-state index is 12.3. The Morgan fingerprint density at radius 2 is 1.95 bits per heavy atom. The van der Waals surface area contributed by atoms with Gasteiger partial charge in [0.2, 0.25) is 5.91 Å². The van der Waals surface area contributed by atoms with Gasteiger partial charge in [-0.1, -0.05) is 43.7 Å². The van der Waals surface area contributed by atoms with Gasteiger partial charge in [-0.25, -0.2) is 0 Å². The minimum atomic E-state index is 0.0559. The second-order valence-corrected chi connectivity index (χ2v) is 7.11. The minimum Gasteiger partial charge on any atom is -0.324 e. The van der Waals surface area contributed by atoms with Gasteiger partial charge in [0.1, 0.15) is 5.37 Å². The summed E-state index contributed by atoms with van der Waals surface area (Å²) in [5.74, 6) is 0.256. The fraction of sp³-hybridized carbons (Fsp3) is 0.562. The number of hydrogen-bond donors (Lipinski definition) is 1. The van der Waals surface area contributed by atoms with Crippen molar-refractivity contribution in [2.75, 3.05) is 13.1 Å². The molecule has 1 aromatic rings. The average molecular weight is 292 g/mol. The molecule has 2 rings (SSSR count). The van der Waals surface area contributed by atoms with Crippen molar-refractivity contribution < 1.29 is 4.79 Å². The molecular formula is C16H24N2OS. The summed E-state index contributed by atoms with van der Waals surface area (Å²) in [7, 11) is 0. The Morgan fingerprint density at radius 3 is 2.55 bits per heavy atom. The molecule has 1 N–H and O–H groups in total. The number of benzene rings is 1. The Labute approximate surface area is 126 Å². The number of carbonyl (C=O) groups is 1. The molecule has 110 valence electrons. The van der Waals surface area contributed by atoms with Crippen LogP contribution in [0.2, 0.25) is 0 Å². The molecule has 0 bridgehead atoms. The van der Waals surface area contributed by atoms with Gasteiger partial charge in [0.15, 0.2) is 0 Å². The third-order valence-corrected chi connectivity index (χ3v) is 4.91. The maximum absolute atomic E-state index is 12.3. The SMILES string of the molecule is Cc1ccc(C2SC(C)C(=O)N2CCNC(C)C)cc1. The van der Waals surface area contributed by atoms with Crippen molar-refractivity contribution in [3.05, 3.63) is 35.4 Å². The summed E-state index contributed by atoms with van der Waals surface area (Å²) in [6.07, 6.45) is 0. The standard InChI is InChI=1S/C16H24N2OS/c1-11(2)17-9-10-18-15(19)13(4)20-16(18)14-7-5-12(3)6-8-14/h5-8,11,13,16-17H,9-10H2,1-4H3. The van der Waals surface area contributed by atoms with Crippen LogP contribution in [0.3, 0.4) is 0 Å². The largest absolute Gasteiger partial charge is 0.324 e. The quantitative estimate of drug-likeness (QED) is 0.905. The smallest absolute Gasteiger partial charge is 0.236 e. The molecule has 4 heteroatoms. The zero-order valence-electron chi connectivity index (χ0n) is 12.7. The molecular weight excluding hydrogens is 268 g/mol. The van der Waals surface area contributed by atoms with E-state index in [9.17, 15) is 4.79 Å². The lowest BCUT2D eigenvalue weighted by Gasteiger charge is -2.25. The Bertz CT molecular complexity index is 458. The third-order valence-electron chi connectivity index (χ3n) is 3.51. The zero-order valence-corrected chi connectivity index (χ0v) is 13.5. The third kappa shape index (κ3) is 3.55. The van der Waals surface area contributed by atoms with E-state index < -0.39 is 0 Å². The van der Waals surface area contributed by atoms with Gasteiger partial charge in [-0.2, -0.15) is 0 Å². The van der Waals surface area contributed by atoms with E-state index in [2.05, 4.69) is 50.4 Å². The average Bonchev–Trinajstić information content (AvgIpc) is 2.67. The van der Waals surface area contributed by atoms with Crippen molar-refractivity contribution in [2.45, 2.75) is 44.4 Å². The molecule has 1 heterocycles. The summed E-state index contributed by atoms with van der Waals surface area (Å²) in [4.78, 5) is 14.3. The predicted octanol–water partition coefficient (Wildman–Crippen LogP) is 2.96. The molecule has 1 fully saturated rings. The van der Waals surface area contributed by atoms with Crippen LogP contribution in [0.5, 0.6) is 0 Å². The van der Waals surface area contributed by atoms with Gasteiger partial charge in [-0.05, 0) is 19.4 Å². The lowest BCUT2D eigenvalue weighted by atomic mass is 10.1. The number of carbonyl (C=O) groups excluding carboxylic acids is 1. The van der Waals surface area contributed by atoms with Gasteiger partial charge in [0, 0.05) is 19.1 Å². The molecule has 1 amide bonds. The molecule has 0 aliphatic carbocycles. The van der Waals surface area contributed by atoms with E-state index in [4.69, 9.17) is 0 Å². The Hall–Kier alpha value is -1.00. The van der Waals surface area contributed by atoms with Crippen molar-refractivity contribution in [3.8, 4) is 0 Å². The molecule has 0 radical (unpaired) electrons. The molecule has 2 atom stereocenters. The van der Waals surface area contributed by atoms with Gasteiger partial charge < -0.3 is 10.2 Å². The summed E-state index contributed by atoms with van der Waals surface area (Å²) < 4.78 is 0. The number of hydrogen-bond acceptors (Lipinski definition) is 3. The molecule has 3 nitrogen and oxygen atoms in total. The fourth-order valence-electron chi connectivity index (χ4n) is 2.36. The Kier molecular flexibility index (Phi) is 5.11. The first-order valence-corrected chi connectivity index (χ1v) is 8.19. The second-order valence-electron chi connectivity index (χ2n) is 5.68. The number of nitrogens with zero attached hydrogens (tertiary/aromatic N) is 1. The number of aryl methyl sites for hydroxylation is 1.